The lowest BCUT2D eigenvalue weighted by Crippen LogP contribution is -2.37. The minimum Gasteiger partial charge on any atom is -0.497 e. The molecule has 170 valence electrons. The Morgan fingerprint density at radius 3 is 2.52 bits per heavy atom. The highest BCUT2D eigenvalue weighted by molar-refractivity contribution is 6.08. The van der Waals surface area contributed by atoms with Gasteiger partial charge in [0.15, 0.2) is 5.76 Å². The normalized spacial score (nSPS) is 16.1. The van der Waals surface area contributed by atoms with Crippen molar-refractivity contribution in [2.45, 2.75) is 25.8 Å². The van der Waals surface area contributed by atoms with Gasteiger partial charge in [-0.1, -0.05) is 31.2 Å². The summed E-state index contributed by atoms with van der Waals surface area (Å²) < 4.78 is 17.2. The summed E-state index contributed by atoms with van der Waals surface area (Å²) in [7, 11) is 1.67. The predicted octanol–water partition coefficient (Wildman–Crippen LogP) is 6.11. The summed E-state index contributed by atoms with van der Waals surface area (Å²) >= 11 is 0. The number of likely N-dealkylation sites (tertiary alicyclic amines) is 1. The molecule has 6 nitrogen and oxygen atoms in total. The van der Waals surface area contributed by atoms with E-state index in [0.717, 1.165) is 54.0 Å². The average molecular weight is 445 g/mol. The van der Waals surface area contributed by atoms with E-state index in [2.05, 4.69) is 29.3 Å². The van der Waals surface area contributed by atoms with Crippen LogP contribution in [0.25, 0.3) is 11.0 Å². The zero-order valence-corrected chi connectivity index (χ0v) is 18.9. The minimum absolute atomic E-state index is 0.136. The number of ether oxygens (including phenoxy) is 1. The summed E-state index contributed by atoms with van der Waals surface area (Å²) in [6.07, 6.45) is 3.75. The molecule has 1 atom stereocenters. The Bertz CT molecular complexity index is 1220. The van der Waals surface area contributed by atoms with E-state index in [1.165, 1.54) is 6.26 Å². The van der Waals surface area contributed by atoms with Crippen LogP contribution in [0, 0.1) is 5.92 Å². The minimum atomic E-state index is -0.298. The molecule has 4 aromatic rings. The van der Waals surface area contributed by atoms with Crippen LogP contribution in [0.2, 0.25) is 0 Å². The number of furan rings is 2. The van der Waals surface area contributed by atoms with Crippen molar-refractivity contribution in [3.05, 3.63) is 84.0 Å². The van der Waals surface area contributed by atoms with Crippen LogP contribution in [0.3, 0.4) is 0 Å². The van der Waals surface area contributed by atoms with Gasteiger partial charge in [0.05, 0.1) is 25.1 Å². The number of fused-ring (bicyclic) bond motifs is 1. The highest BCUT2D eigenvalue weighted by Crippen LogP contribution is 2.42. The fourth-order valence-corrected chi connectivity index (χ4v) is 4.57. The lowest BCUT2D eigenvalue weighted by molar-refractivity contribution is 0.0995. The van der Waals surface area contributed by atoms with Crippen molar-refractivity contribution in [1.82, 2.24) is 4.90 Å². The number of nitrogens with zero attached hydrogens (tertiary/aromatic N) is 1. The molecule has 2 aromatic carbocycles. The van der Waals surface area contributed by atoms with E-state index >= 15 is 0 Å². The molecule has 0 saturated carbocycles. The van der Waals surface area contributed by atoms with Crippen LogP contribution in [0.1, 0.15) is 47.7 Å². The van der Waals surface area contributed by atoms with Gasteiger partial charge in [-0.2, -0.15) is 0 Å². The van der Waals surface area contributed by atoms with E-state index in [9.17, 15) is 4.79 Å². The molecule has 0 unspecified atom stereocenters. The topological polar surface area (TPSA) is 67.8 Å². The monoisotopic (exact) mass is 444 g/mol. The largest absolute Gasteiger partial charge is 0.497 e. The number of rotatable bonds is 6. The van der Waals surface area contributed by atoms with Gasteiger partial charge in [-0.05, 0) is 73.8 Å². The van der Waals surface area contributed by atoms with Gasteiger partial charge in [0.1, 0.15) is 17.1 Å². The van der Waals surface area contributed by atoms with E-state index in [4.69, 9.17) is 13.6 Å². The molecule has 1 aliphatic heterocycles. The summed E-state index contributed by atoms with van der Waals surface area (Å²) in [6, 6.07) is 19.1. The van der Waals surface area contributed by atoms with Crippen molar-refractivity contribution in [2.24, 2.45) is 5.92 Å². The number of para-hydroxylation sites is 1. The number of amides is 1. The summed E-state index contributed by atoms with van der Waals surface area (Å²) in [5.74, 6) is 2.20. The van der Waals surface area contributed by atoms with Gasteiger partial charge in [-0.15, -0.1) is 0 Å². The van der Waals surface area contributed by atoms with E-state index < -0.39 is 0 Å². The molecular formula is C27H28N2O4. The molecule has 0 spiro atoms. The molecule has 33 heavy (non-hydrogen) atoms. The molecule has 1 saturated heterocycles. The zero-order chi connectivity index (χ0) is 22.8. The molecule has 1 N–H and O–H groups in total. The molecule has 5 rings (SSSR count). The SMILES string of the molecule is COc1ccc([C@H](c2oc3ccccc3c2NC(=O)c2ccco2)N2CCC(C)CC2)cc1. The zero-order valence-electron chi connectivity index (χ0n) is 18.9. The Morgan fingerprint density at radius 1 is 1.06 bits per heavy atom. The summed E-state index contributed by atoms with van der Waals surface area (Å²) in [4.78, 5) is 15.4. The van der Waals surface area contributed by atoms with Crippen LogP contribution in [0.4, 0.5) is 5.69 Å². The number of hydrogen-bond acceptors (Lipinski definition) is 5. The third-order valence-electron chi connectivity index (χ3n) is 6.47. The standard InChI is InChI=1S/C27H28N2O4/c1-18-13-15-29(16-14-18)25(19-9-11-20(31-2)12-10-19)26-24(21-6-3-4-7-22(21)33-26)28-27(30)23-8-5-17-32-23/h3-12,17-18,25H,13-16H2,1-2H3,(H,28,30)/t25-/m1/s1. The van der Waals surface area contributed by atoms with Gasteiger partial charge in [-0.3, -0.25) is 9.69 Å². The highest BCUT2D eigenvalue weighted by atomic mass is 16.5. The highest BCUT2D eigenvalue weighted by Gasteiger charge is 2.32. The van der Waals surface area contributed by atoms with E-state index in [1.54, 1.807) is 19.2 Å². The molecule has 1 aliphatic rings. The van der Waals surface area contributed by atoms with Crippen LogP contribution in [-0.2, 0) is 0 Å². The maximum atomic E-state index is 13.0. The van der Waals surface area contributed by atoms with E-state index in [0.29, 0.717) is 11.6 Å². The summed E-state index contributed by atoms with van der Waals surface area (Å²) in [6.45, 7) is 4.22. The number of carbonyl (C=O) groups excluding carboxylic acids is 1. The molecule has 0 bridgehead atoms. The molecule has 6 heteroatoms. The quantitative estimate of drug-likeness (QED) is 0.389. The lowest BCUT2D eigenvalue weighted by atomic mass is 9.94. The van der Waals surface area contributed by atoms with Crippen LogP contribution in [0.5, 0.6) is 5.75 Å². The second-order valence-electron chi connectivity index (χ2n) is 8.66. The Kier molecular flexibility index (Phi) is 5.92. The molecule has 0 radical (unpaired) electrons. The Hall–Kier alpha value is -3.51. The maximum absolute atomic E-state index is 13.0. The number of carbonyl (C=O) groups is 1. The van der Waals surface area contributed by atoms with Crippen LogP contribution in [-0.4, -0.2) is 31.0 Å². The van der Waals surface area contributed by atoms with Gasteiger partial charge < -0.3 is 18.9 Å². The summed E-state index contributed by atoms with van der Waals surface area (Å²) in [5, 5.41) is 3.95. The van der Waals surface area contributed by atoms with Crippen molar-refractivity contribution in [3.63, 3.8) is 0 Å². The van der Waals surface area contributed by atoms with Gasteiger partial charge in [0.25, 0.3) is 5.91 Å². The molecule has 1 fully saturated rings. The first-order valence-electron chi connectivity index (χ1n) is 11.4. The molecular weight excluding hydrogens is 416 g/mol. The molecule has 3 heterocycles. The number of anilines is 1. The Morgan fingerprint density at radius 2 is 1.82 bits per heavy atom. The van der Waals surface area contributed by atoms with Gasteiger partial charge in [-0.25, -0.2) is 0 Å². The van der Waals surface area contributed by atoms with Crippen molar-refractivity contribution in [1.29, 1.82) is 0 Å². The second kappa shape index (κ2) is 9.16. The first-order chi connectivity index (χ1) is 16.1. The van der Waals surface area contributed by atoms with Gasteiger partial charge in [0, 0.05) is 5.39 Å². The van der Waals surface area contributed by atoms with Crippen molar-refractivity contribution in [2.75, 3.05) is 25.5 Å². The molecule has 0 aliphatic carbocycles. The fraction of sp³-hybridized carbons (Fsp3) is 0.296. The first kappa shape index (κ1) is 21.3. The Balaban J connectivity index is 1.62. The number of piperidine rings is 1. The van der Waals surface area contributed by atoms with Crippen LogP contribution >= 0.6 is 0 Å². The van der Waals surface area contributed by atoms with Crippen molar-refractivity contribution >= 4 is 22.6 Å². The number of nitrogens with one attached hydrogen (secondary N) is 1. The van der Waals surface area contributed by atoms with Crippen molar-refractivity contribution < 1.29 is 18.4 Å². The van der Waals surface area contributed by atoms with E-state index in [1.807, 2.05) is 36.4 Å². The van der Waals surface area contributed by atoms with Crippen LogP contribution in [0.15, 0.2) is 75.8 Å². The average Bonchev–Trinajstić information content (AvgIpc) is 3.50. The predicted molar refractivity (Wildman–Crippen MR) is 128 cm³/mol. The van der Waals surface area contributed by atoms with E-state index in [-0.39, 0.29) is 17.7 Å². The third kappa shape index (κ3) is 4.26. The maximum Gasteiger partial charge on any atom is 0.291 e. The Labute approximate surface area is 193 Å². The first-order valence-corrected chi connectivity index (χ1v) is 11.4. The van der Waals surface area contributed by atoms with Crippen LogP contribution < -0.4 is 10.1 Å². The fourth-order valence-electron chi connectivity index (χ4n) is 4.57. The number of hydrogen-bond donors (Lipinski definition) is 1. The van der Waals surface area contributed by atoms with Gasteiger partial charge >= 0.3 is 0 Å². The molecule has 2 aromatic heterocycles. The number of methoxy groups -OCH3 is 1. The van der Waals surface area contributed by atoms with Crippen molar-refractivity contribution in [3.8, 4) is 5.75 Å². The van der Waals surface area contributed by atoms with Gasteiger partial charge in [0.2, 0.25) is 0 Å². The molecule has 1 amide bonds. The number of benzene rings is 2. The third-order valence-corrected chi connectivity index (χ3v) is 6.47. The lowest BCUT2D eigenvalue weighted by Gasteiger charge is -2.36. The second-order valence-corrected chi connectivity index (χ2v) is 8.66. The smallest absolute Gasteiger partial charge is 0.291 e. The summed E-state index contributed by atoms with van der Waals surface area (Å²) in [5.41, 5.74) is 2.52.